The maximum Gasteiger partial charge on any atom is 0.305 e. The number of hydrogen-bond donors (Lipinski definition) is 2. The number of rotatable bonds is 8. The van der Waals surface area contributed by atoms with E-state index < -0.39 is 0 Å². The van der Waals surface area contributed by atoms with E-state index in [-0.39, 0.29) is 5.97 Å². The predicted octanol–water partition coefficient (Wildman–Crippen LogP) is 0.588. The summed E-state index contributed by atoms with van der Waals surface area (Å²) in [5.74, 6) is 1.39. The second-order valence-electron chi connectivity index (χ2n) is 6.31. The summed E-state index contributed by atoms with van der Waals surface area (Å²) in [7, 11) is 1.46. The quantitative estimate of drug-likeness (QED) is 0.638. The molecule has 0 aromatic heterocycles. The largest absolute Gasteiger partial charge is 0.469 e. The van der Waals surface area contributed by atoms with Crippen LogP contribution in [0.3, 0.4) is 0 Å². The highest BCUT2D eigenvalue weighted by Crippen LogP contribution is 2.28. The van der Waals surface area contributed by atoms with Crippen molar-refractivity contribution >= 4 is 5.97 Å². The molecule has 1 saturated heterocycles. The average molecular weight is 283 g/mol. The molecule has 5 nitrogen and oxygen atoms in total. The maximum absolute atomic E-state index is 11.3. The fraction of sp³-hybridized carbons (Fsp3) is 0.933. The number of hydrogen-bond acceptors (Lipinski definition) is 5. The molecule has 0 bridgehead atoms. The fourth-order valence-electron chi connectivity index (χ4n) is 3.10. The molecule has 0 aromatic rings. The summed E-state index contributed by atoms with van der Waals surface area (Å²) in [5.41, 5.74) is 5.69. The van der Waals surface area contributed by atoms with Gasteiger partial charge in [0.15, 0.2) is 0 Å². The van der Waals surface area contributed by atoms with Crippen LogP contribution in [0.2, 0.25) is 0 Å². The Bertz CT molecular complexity index is 307. The zero-order chi connectivity index (χ0) is 14.4. The third kappa shape index (κ3) is 5.38. The van der Waals surface area contributed by atoms with E-state index >= 15 is 0 Å². The summed E-state index contributed by atoms with van der Waals surface area (Å²) in [5, 5.41) is 3.70. The van der Waals surface area contributed by atoms with E-state index in [9.17, 15) is 4.79 Å². The number of nitrogens with two attached hydrogens (primary N) is 1. The van der Waals surface area contributed by atoms with Crippen LogP contribution < -0.4 is 11.1 Å². The molecule has 0 aromatic carbocycles. The Hall–Kier alpha value is -0.650. The Morgan fingerprint density at radius 3 is 2.80 bits per heavy atom. The van der Waals surface area contributed by atoms with E-state index in [1.54, 1.807) is 0 Å². The van der Waals surface area contributed by atoms with Crippen LogP contribution >= 0.6 is 0 Å². The lowest BCUT2D eigenvalue weighted by atomic mass is 9.90. The predicted molar refractivity (Wildman–Crippen MR) is 79.4 cm³/mol. The second kappa shape index (κ2) is 7.96. The van der Waals surface area contributed by atoms with Crippen molar-refractivity contribution in [1.29, 1.82) is 0 Å². The molecule has 1 aliphatic heterocycles. The van der Waals surface area contributed by atoms with Gasteiger partial charge in [0, 0.05) is 38.6 Å². The molecular formula is C15H29N3O2. The Morgan fingerprint density at radius 2 is 2.15 bits per heavy atom. The van der Waals surface area contributed by atoms with Gasteiger partial charge in [-0.15, -0.1) is 0 Å². The normalized spacial score (nSPS) is 27.5. The highest BCUT2D eigenvalue weighted by molar-refractivity contribution is 5.69. The smallest absolute Gasteiger partial charge is 0.305 e. The molecule has 5 heteroatoms. The van der Waals surface area contributed by atoms with Crippen LogP contribution in [0.15, 0.2) is 0 Å². The summed E-state index contributed by atoms with van der Waals surface area (Å²) in [4.78, 5) is 13.7. The minimum Gasteiger partial charge on any atom is -0.469 e. The van der Waals surface area contributed by atoms with E-state index in [2.05, 4.69) is 10.2 Å². The van der Waals surface area contributed by atoms with Gasteiger partial charge >= 0.3 is 5.97 Å². The van der Waals surface area contributed by atoms with Crippen LogP contribution in [0.1, 0.15) is 32.1 Å². The minimum absolute atomic E-state index is 0.0940. The molecule has 2 fully saturated rings. The highest BCUT2D eigenvalue weighted by atomic mass is 16.5. The van der Waals surface area contributed by atoms with Gasteiger partial charge in [0.1, 0.15) is 0 Å². The molecule has 1 aliphatic carbocycles. The number of piperidine rings is 1. The summed E-state index contributed by atoms with van der Waals surface area (Å²) in [6.45, 7) is 4.98. The van der Waals surface area contributed by atoms with E-state index in [1.807, 2.05) is 0 Å². The number of methoxy groups -OCH3 is 1. The van der Waals surface area contributed by atoms with Crippen molar-refractivity contribution in [3.8, 4) is 0 Å². The molecular weight excluding hydrogens is 254 g/mol. The van der Waals surface area contributed by atoms with Gasteiger partial charge in [-0.1, -0.05) is 0 Å². The van der Waals surface area contributed by atoms with E-state index in [1.165, 1.54) is 26.4 Å². The first-order chi connectivity index (χ1) is 9.71. The summed E-state index contributed by atoms with van der Waals surface area (Å²) in [6.07, 6.45) is 5.41. The Kier molecular flexibility index (Phi) is 6.26. The first kappa shape index (κ1) is 15.7. The zero-order valence-electron chi connectivity index (χ0n) is 12.6. The first-order valence-electron chi connectivity index (χ1n) is 7.94. The van der Waals surface area contributed by atoms with E-state index in [0.717, 1.165) is 38.5 Å². The van der Waals surface area contributed by atoms with Gasteiger partial charge in [-0.3, -0.25) is 4.79 Å². The number of nitrogens with zero attached hydrogens (tertiary/aromatic N) is 1. The van der Waals surface area contributed by atoms with Crippen molar-refractivity contribution in [1.82, 2.24) is 10.2 Å². The highest BCUT2D eigenvalue weighted by Gasteiger charge is 2.29. The number of carbonyl (C=O) groups is 1. The van der Waals surface area contributed by atoms with Gasteiger partial charge in [0.2, 0.25) is 0 Å². The van der Waals surface area contributed by atoms with Gasteiger partial charge in [-0.05, 0) is 44.1 Å². The van der Waals surface area contributed by atoms with Crippen molar-refractivity contribution in [2.24, 2.45) is 17.6 Å². The zero-order valence-corrected chi connectivity index (χ0v) is 12.6. The molecule has 1 saturated carbocycles. The van der Waals surface area contributed by atoms with Crippen molar-refractivity contribution in [3.05, 3.63) is 0 Å². The van der Waals surface area contributed by atoms with Gasteiger partial charge in [0.25, 0.3) is 0 Å². The average Bonchev–Trinajstić information content (AvgIpc) is 3.27. The lowest BCUT2D eigenvalue weighted by Gasteiger charge is -2.38. The van der Waals surface area contributed by atoms with Gasteiger partial charge in [-0.2, -0.15) is 0 Å². The van der Waals surface area contributed by atoms with Crippen LogP contribution in [-0.2, 0) is 9.53 Å². The Morgan fingerprint density at radius 1 is 1.35 bits per heavy atom. The standard InChI is InChI=1S/C15H29N3O2/c1-20-15(19)5-4-13-8-14(17-9-12-2-3-12)11-18(10-13)7-6-16/h12-14,17H,2-11,16H2,1H3. The number of carbonyl (C=O) groups excluding carboxylic acids is 1. The van der Waals surface area contributed by atoms with Crippen LogP contribution in [-0.4, -0.2) is 56.7 Å². The molecule has 3 N–H and O–H groups in total. The molecule has 1 heterocycles. The van der Waals surface area contributed by atoms with E-state index in [4.69, 9.17) is 10.5 Å². The van der Waals surface area contributed by atoms with E-state index in [0.29, 0.717) is 24.9 Å². The van der Waals surface area contributed by atoms with Crippen LogP contribution in [0.4, 0.5) is 0 Å². The molecule has 2 aliphatic rings. The molecule has 2 atom stereocenters. The van der Waals surface area contributed by atoms with Gasteiger partial charge < -0.3 is 20.7 Å². The van der Waals surface area contributed by atoms with Crippen LogP contribution in [0, 0.1) is 11.8 Å². The van der Waals surface area contributed by atoms with Crippen molar-refractivity contribution < 1.29 is 9.53 Å². The first-order valence-corrected chi connectivity index (χ1v) is 7.94. The molecule has 0 radical (unpaired) electrons. The summed E-state index contributed by atoms with van der Waals surface area (Å²) >= 11 is 0. The monoisotopic (exact) mass is 283 g/mol. The Labute approximate surface area is 122 Å². The third-order valence-electron chi connectivity index (χ3n) is 4.43. The number of nitrogens with one attached hydrogen (secondary N) is 1. The molecule has 2 unspecified atom stereocenters. The summed E-state index contributed by atoms with van der Waals surface area (Å²) in [6, 6.07) is 0.554. The molecule has 116 valence electrons. The van der Waals surface area contributed by atoms with Crippen molar-refractivity contribution in [2.75, 3.05) is 39.8 Å². The summed E-state index contributed by atoms with van der Waals surface area (Å²) < 4.78 is 4.74. The van der Waals surface area contributed by atoms with Crippen LogP contribution in [0.5, 0.6) is 0 Å². The van der Waals surface area contributed by atoms with Gasteiger partial charge in [0.05, 0.1) is 7.11 Å². The second-order valence-corrected chi connectivity index (χ2v) is 6.31. The van der Waals surface area contributed by atoms with Gasteiger partial charge in [-0.25, -0.2) is 0 Å². The Balaban J connectivity index is 1.77. The molecule has 0 amide bonds. The van der Waals surface area contributed by atoms with Crippen molar-refractivity contribution in [2.45, 2.75) is 38.1 Å². The number of likely N-dealkylation sites (tertiary alicyclic amines) is 1. The fourth-order valence-corrected chi connectivity index (χ4v) is 3.10. The molecule has 20 heavy (non-hydrogen) atoms. The number of esters is 1. The van der Waals surface area contributed by atoms with Crippen molar-refractivity contribution in [3.63, 3.8) is 0 Å². The lowest BCUT2D eigenvalue weighted by Crippen LogP contribution is -2.50. The minimum atomic E-state index is -0.0940. The molecule has 2 rings (SSSR count). The topological polar surface area (TPSA) is 67.6 Å². The third-order valence-corrected chi connectivity index (χ3v) is 4.43. The van der Waals surface area contributed by atoms with Crippen LogP contribution in [0.25, 0.3) is 0 Å². The number of ether oxygens (including phenoxy) is 1. The lowest BCUT2D eigenvalue weighted by molar-refractivity contribution is -0.141. The SMILES string of the molecule is COC(=O)CCC1CC(NCC2CC2)CN(CCN)C1. The molecule has 0 spiro atoms. The maximum atomic E-state index is 11.3.